The molecule has 2 heteroatoms. The zero-order valence-corrected chi connectivity index (χ0v) is 8.77. The third kappa shape index (κ3) is 1.51. The van der Waals surface area contributed by atoms with Gasteiger partial charge in [0.1, 0.15) is 0 Å². The third-order valence-corrected chi connectivity index (χ3v) is 2.68. The van der Waals surface area contributed by atoms with E-state index < -0.39 is 0 Å². The molecule has 1 nitrogen and oxygen atoms in total. The van der Waals surface area contributed by atoms with Gasteiger partial charge in [0, 0.05) is 5.33 Å². The summed E-state index contributed by atoms with van der Waals surface area (Å²) >= 11 is 3.38. The van der Waals surface area contributed by atoms with Gasteiger partial charge in [-0.15, -0.1) is 0 Å². The lowest BCUT2D eigenvalue weighted by molar-refractivity contribution is 1.23. The highest BCUT2D eigenvalue weighted by molar-refractivity contribution is 9.08. The minimum absolute atomic E-state index is 0.753. The fourth-order valence-corrected chi connectivity index (χ4v) is 1.87. The molecule has 0 heterocycles. The molecule has 1 aromatic carbocycles. The zero-order valence-electron chi connectivity index (χ0n) is 7.19. The summed E-state index contributed by atoms with van der Waals surface area (Å²) in [5.41, 5.74) is 4.34. The largest absolute Gasteiger partial charge is 0.192 e. The SMILES string of the molecule is Cc1ccc(C#N)c(CBr)c1C. The summed E-state index contributed by atoms with van der Waals surface area (Å²) in [6.07, 6.45) is 0. The van der Waals surface area contributed by atoms with E-state index in [1.165, 1.54) is 11.1 Å². The van der Waals surface area contributed by atoms with E-state index in [0.717, 1.165) is 16.5 Å². The van der Waals surface area contributed by atoms with Crippen LogP contribution in [0.2, 0.25) is 0 Å². The number of benzene rings is 1. The minimum Gasteiger partial charge on any atom is -0.192 e. The van der Waals surface area contributed by atoms with Crippen molar-refractivity contribution in [3.8, 4) is 6.07 Å². The molecule has 0 radical (unpaired) electrons. The molecule has 62 valence electrons. The second-order valence-electron chi connectivity index (χ2n) is 2.78. The van der Waals surface area contributed by atoms with Gasteiger partial charge in [-0.05, 0) is 36.6 Å². The van der Waals surface area contributed by atoms with Gasteiger partial charge >= 0.3 is 0 Å². The summed E-state index contributed by atoms with van der Waals surface area (Å²) in [6, 6.07) is 6.04. The van der Waals surface area contributed by atoms with Crippen LogP contribution in [0, 0.1) is 25.2 Å². The topological polar surface area (TPSA) is 23.8 Å². The van der Waals surface area contributed by atoms with E-state index in [9.17, 15) is 0 Å². The van der Waals surface area contributed by atoms with Crippen LogP contribution in [0.25, 0.3) is 0 Å². The lowest BCUT2D eigenvalue weighted by Gasteiger charge is -2.06. The molecule has 0 saturated carbocycles. The van der Waals surface area contributed by atoms with E-state index in [2.05, 4.69) is 28.9 Å². The maximum atomic E-state index is 8.79. The molecule has 0 aliphatic carbocycles. The highest BCUT2D eigenvalue weighted by Gasteiger charge is 2.05. The van der Waals surface area contributed by atoms with Gasteiger partial charge in [0.15, 0.2) is 0 Å². The van der Waals surface area contributed by atoms with Crippen molar-refractivity contribution in [1.82, 2.24) is 0 Å². The molecule has 0 unspecified atom stereocenters. The maximum absolute atomic E-state index is 8.79. The molecule has 0 bridgehead atoms. The number of halogens is 1. The predicted molar refractivity (Wildman–Crippen MR) is 53.3 cm³/mol. The number of aryl methyl sites for hydroxylation is 1. The van der Waals surface area contributed by atoms with Crippen molar-refractivity contribution >= 4 is 15.9 Å². The highest BCUT2D eigenvalue weighted by atomic mass is 79.9. The summed E-state index contributed by atoms with van der Waals surface area (Å²) in [4.78, 5) is 0. The van der Waals surface area contributed by atoms with E-state index in [0.29, 0.717) is 0 Å². The Hall–Kier alpha value is -0.810. The first-order chi connectivity index (χ1) is 5.70. The Morgan fingerprint density at radius 3 is 2.58 bits per heavy atom. The van der Waals surface area contributed by atoms with Crippen molar-refractivity contribution in [1.29, 1.82) is 5.26 Å². The minimum atomic E-state index is 0.753. The summed E-state index contributed by atoms with van der Waals surface area (Å²) in [5, 5.41) is 9.55. The molecular formula is C10H10BrN. The standard InChI is InChI=1S/C10H10BrN/c1-7-3-4-9(6-12)10(5-11)8(7)2/h3-4H,5H2,1-2H3. The van der Waals surface area contributed by atoms with Gasteiger partial charge in [0.25, 0.3) is 0 Å². The molecule has 0 N–H and O–H groups in total. The number of hydrogen-bond acceptors (Lipinski definition) is 1. The van der Waals surface area contributed by atoms with Crippen molar-refractivity contribution in [2.75, 3.05) is 0 Å². The molecule has 1 rings (SSSR count). The first-order valence-corrected chi connectivity index (χ1v) is 4.88. The Bertz CT molecular complexity index is 336. The van der Waals surface area contributed by atoms with Crippen LogP contribution >= 0.6 is 15.9 Å². The Morgan fingerprint density at radius 1 is 1.42 bits per heavy atom. The van der Waals surface area contributed by atoms with Gasteiger partial charge < -0.3 is 0 Å². The van der Waals surface area contributed by atoms with Gasteiger partial charge in [-0.1, -0.05) is 22.0 Å². The molecule has 0 saturated heterocycles. The van der Waals surface area contributed by atoms with Crippen molar-refractivity contribution in [3.63, 3.8) is 0 Å². The fourth-order valence-electron chi connectivity index (χ4n) is 1.15. The van der Waals surface area contributed by atoms with Crippen molar-refractivity contribution in [3.05, 3.63) is 34.4 Å². The molecule has 0 fully saturated rings. The van der Waals surface area contributed by atoms with Crippen molar-refractivity contribution in [2.24, 2.45) is 0 Å². The van der Waals surface area contributed by atoms with E-state index in [1.54, 1.807) is 0 Å². The molecule has 0 spiro atoms. The predicted octanol–water partition coefficient (Wildman–Crippen LogP) is 3.07. The number of nitriles is 1. The van der Waals surface area contributed by atoms with Gasteiger partial charge in [-0.2, -0.15) is 5.26 Å². The first-order valence-electron chi connectivity index (χ1n) is 3.76. The molecule has 12 heavy (non-hydrogen) atoms. The number of rotatable bonds is 1. The average Bonchev–Trinajstić information content (AvgIpc) is 2.09. The molecule has 0 aliphatic heterocycles. The van der Waals surface area contributed by atoms with Gasteiger partial charge in [0.05, 0.1) is 11.6 Å². The number of alkyl halides is 1. The fraction of sp³-hybridized carbons (Fsp3) is 0.300. The van der Waals surface area contributed by atoms with Crippen LogP contribution in [0.3, 0.4) is 0 Å². The van der Waals surface area contributed by atoms with Crippen LogP contribution in [-0.4, -0.2) is 0 Å². The average molecular weight is 224 g/mol. The first kappa shape index (κ1) is 9.28. The van der Waals surface area contributed by atoms with E-state index in [4.69, 9.17) is 5.26 Å². The summed E-state index contributed by atoms with van der Waals surface area (Å²) in [5.74, 6) is 0. The molecule has 0 amide bonds. The van der Waals surface area contributed by atoms with Crippen LogP contribution < -0.4 is 0 Å². The molecule has 0 atom stereocenters. The number of hydrogen-bond donors (Lipinski definition) is 0. The Kier molecular flexibility index (Phi) is 2.88. The van der Waals surface area contributed by atoms with Crippen LogP contribution in [0.5, 0.6) is 0 Å². The quantitative estimate of drug-likeness (QED) is 0.672. The van der Waals surface area contributed by atoms with Crippen molar-refractivity contribution in [2.45, 2.75) is 19.2 Å². The van der Waals surface area contributed by atoms with E-state index in [1.807, 2.05) is 19.1 Å². The Balaban J connectivity index is 3.38. The van der Waals surface area contributed by atoms with Crippen LogP contribution in [0.15, 0.2) is 12.1 Å². The Morgan fingerprint density at radius 2 is 2.08 bits per heavy atom. The lowest BCUT2D eigenvalue weighted by Crippen LogP contribution is -1.93. The van der Waals surface area contributed by atoms with Crippen LogP contribution in [-0.2, 0) is 5.33 Å². The van der Waals surface area contributed by atoms with E-state index in [-0.39, 0.29) is 0 Å². The van der Waals surface area contributed by atoms with Gasteiger partial charge in [-0.3, -0.25) is 0 Å². The summed E-state index contributed by atoms with van der Waals surface area (Å²) < 4.78 is 0. The molecular weight excluding hydrogens is 214 g/mol. The Labute approximate surface area is 81.2 Å². The number of nitrogens with zero attached hydrogens (tertiary/aromatic N) is 1. The molecule has 0 aromatic heterocycles. The monoisotopic (exact) mass is 223 g/mol. The second kappa shape index (κ2) is 3.73. The highest BCUT2D eigenvalue weighted by Crippen LogP contribution is 2.19. The maximum Gasteiger partial charge on any atom is 0.0994 e. The smallest absolute Gasteiger partial charge is 0.0994 e. The second-order valence-corrected chi connectivity index (χ2v) is 3.34. The van der Waals surface area contributed by atoms with Crippen LogP contribution in [0.1, 0.15) is 22.3 Å². The molecule has 0 aliphatic rings. The third-order valence-electron chi connectivity index (χ3n) is 2.12. The van der Waals surface area contributed by atoms with Gasteiger partial charge in [-0.25, -0.2) is 0 Å². The molecule has 1 aromatic rings. The summed E-state index contributed by atoms with van der Waals surface area (Å²) in [6.45, 7) is 4.11. The normalized spacial score (nSPS) is 9.50. The van der Waals surface area contributed by atoms with Gasteiger partial charge in [0.2, 0.25) is 0 Å². The zero-order chi connectivity index (χ0) is 9.14. The summed E-state index contributed by atoms with van der Waals surface area (Å²) in [7, 11) is 0. The van der Waals surface area contributed by atoms with Crippen molar-refractivity contribution < 1.29 is 0 Å². The lowest BCUT2D eigenvalue weighted by atomic mass is 10.00. The van der Waals surface area contributed by atoms with Crippen LogP contribution in [0.4, 0.5) is 0 Å². The van der Waals surface area contributed by atoms with E-state index >= 15 is 0 Å².